The summed E-state index contributed by atoms with van der Waals surface area (Å²) in [7, 11) is 0. The molecule has 14 heavy (non-hydrogen) atoms. The molecule has 2 rings (SSSR count). The van der Waals surface area contributed by atoms with Crippen molar-refractivity contribution in [3.63, 3.8) is 0 Å². The molecule has 5 heteroatoms. The summed E-state index contributed by atoms with van der Waals surface area (Å²) in [6, 6.07) is 0. The molecule has 1 saturated carbocycles. The minimum Gasteiger partial charge on any atom is -0.397 e. The summed E-state index contributed by atoms with van der Waals surface area (Å²) in [5.41, 5.74) is 11.4. The fourth-order valence-corrected chi connectivity index (χ4v) is 2.07. The zero-order valence-electron chi connectivity index (χ0n) is 7.28. The molecule has 1 aromatic rings. The summed E-state index contributed by atoms with van der Waals surface area (Å²) in [5, 5.41) is 0. The molecule has 0 radical (unpaired) electrons. The second kappa shape index (κ2) is 3.22. The first-order valence-corrected chi connectivity index (χ1v) is 5.33. The first-order valence-electron chi connectivity index (χ1n) is 4.25. The molecule has 0 saturated heterocycles. The maximum Gasteiger partial charge on any atom is 0.164 e. The van der Waals surface area contributed by atoms with Crippen LogP contribution < -0.4 is 11.5 Å². The third kappa shape index (κ3) is 1.34. The van der Waals surface area contributed by atoms with Crippen LogP contribution >= 0.6 is 22.6 Å². The molecule has 1 fully saturated rings. The van der Waals surface area contributed by atoms with Crippen LogP contribution in [0.2, 0.25) is 0 Å². The lowest BCUT2D eigenvalue weighted by Gasteiger charge is -2.11. The third-order valence-corrected chi connectivity index (χ3v) is 3.37. The van der Waals surface area contributed by atoms with E-state index in [2.05, 4.69) is 0 Å². The summed E-state index contributed by atoms with van der Waals surface area (Å²) in [6.45, 7) is 0. The molecule has 1 aromatic carbocycles. The summed E-state index contributed by atoms with van der Waals surface area (Å²) in [4.78, 5) is 0. The van der Waals surface area contributed by atoms with Crippen LogP contribution in [0.3, 0.4) is 0 Å². The van der Waals surface area contributed by atoms with Gasteiger partial charge in [-0.05, 0) is 41.4 Å². The fraction of sp³-hybridized carbons (Fsp3) is 0.333. The van der Waals surface area contributed by atoms with Gasteiger partial charge in [0.05, 0.1) is 14.9 Å². The van der Waals surface area contributed by atoms with E-state index in [9.17, 15) is 8.78 Å². The van der Waals surface area contributed by atoms with Gasteiger partial charge in [0.15, 0.2) is 5.82 Å². The van der Waals surface area contributed by atoms with E-state index in [-0.39, 0.29) is 20.9 Å². The summed E-state index contributed by atoms with van der Waals surface area (Å²) in [6.07, 6.45) is 1.81. The van der Waals surface area contributed by atoms with E-state index in [1.807, 2.05) is 0 Å². The van der Waals surface area contributed by atoms with Crippen LogP contribution in [0.4, 0.5) is 20.2 Å². The number of hydrogen-bond donors (Lipinski definition) is 2. The highest BCUT2D eigenvalue weighted by molar-refractivity contribution is 14.1. The summed E-state index contributed by atoms with van der Waals surface area (Å²) >= 11 is 1.61. The van der Waals surface area contributed by atoms with Crippen molar-refractivity contribution >= 4 is 34.0 Å². The number of nitrogens with two attached hydrogens (primary N) is 2. The predicted octanol–water partition coefficient (Wildman–Crippen LogP) is 2.61. The van der Waals surface area contributed by atoms with Crippen molar-refractivity contribution in [3.8, 4) is 0 Å². The van der Waals surface area contributed by atoms with Crippen LogP contribution in [0.25, 0.3) is 0 Å². The second-order valence-corrected chi connectivity index (χ2v) is 4.54. The lowest BCUT2D eigenvalue weighted by atomic mass is 10.1. The number of rotatable bonds is 1. The zero-order valence-corrected chi connectivity index (χ0v) is 9.44. The SMILES string of the molecule is Nc1c(N)c(C2CC2)c(F)c(I)c1F. The highest BCUT2D eigenvalue weighted by atomic mass is 127. The molecule has 4 N–H and O–H groups in total. The molecule has 0 heterocycles. The van der Waals surface area contributed by atoms with Crippen LogP contribution in [0.5, 0.6) is 0 Å². The van der Waals surface area contributed by atoms with Gasteiger partial charge in [-0.2, -0.15) is 0 Å². The predicted molar refractivity (Wildman–Crippen MR) is 59.9 cm³/mol. The largest absolute Gasteiger partial charge is 0.397 e. The second-order valence-electron chi connectivity index (χ2n) is 3.46. The lowest BCUT2D eigenvalue weighted by Crippen LogP contribution is -2.07. The Labute approximate surface area is 93.8 Å². The van der Waals surface area contributed by atoms with Gasteiger partial charge in [-0.1, -0.05) is 0 Å². The van der Waals surface area contributed by atoms with Gasteiger partial charge in [-0.15, -0.1) is 0 Å². The standard InChI is InChI=1S/C9H9F2IN2/c10-5-4(3-1-2-3)8(13)9(14)6(11)7(5)12/h3H,1-2,13-14H2. The van der Waals surface area contributed by atoms with Crippen molar-refractivity contribution in [1.82, 2.24) is 0 Å². The van der Waals surface area contributed by atoms with E-state index in [0.717, 1.165) is 12.8 Å². The molecule has 0 spiro atoms. The number of anilines is 2. The van der Waals surface area contributed by atoms with Crippen LogP contribution in [0.15, 0.2) is 0 Å². The maximum atomic E-state index is 13.6. The minimum atomic E-state index is -0.745. The molecule has 0 unspecified atom stereocenters. The summed E-state index contributed by atoms with van der Waals surface area (Å²) < 4.78 is 26.8. The topological polar surface area (TPSA) is 52.0 Å². The van der Waals surface area contributed by atoms with Crippen molar-refractivity contribution in [2.75, 3.05) is 11.5 Å². The van der Waals surface area contributed by atoms with Gasteiger partial charge in [0.1, 0.15) is 5.82 Å². The Kier molecular flexibility index (Phi) is 2.29. The van der Waals surface area contributed by atoms with Gasteiger partial charge in [0.2, 0.25) is 0 Å². The minimum absolute atomic E-state index is 0.0591. The molecular formula is C9H9F2IN2. The first-order chi connectivity index (χ1) is 6.54. The van der Waals surface area contributed by atoms with Gasteiger partial charge in [0.25, 0.3) is 0 Å². The molecule has 2 nitrogen and oxygen atoms in total. The molecule has 76 valence electrons. The van der Waals surface area contributed by atoms with Crippen LogP contribution in [0, 0.1) is 15.2 Å². The molecule has 0 aliphatic heterocycles. The average molecular weight is 310 g/mol. The Morgan fingerprint density at radius 1 is 1.07 bits per heavy atom. The smallest absolute Gasteiger partial charge is 0.164 e. The summed E-state index contributed by atoms with van der Waals surface area (Å²) in [5.74, 6) is -1.16. The van der Waals surface area contributed by atoms with E-state index in [4.69, 9.17) is 11.5 Å². The molecule has 1 aliphatic carbocycles. The fourth-order valence-electron chi connectivity index (χ4n) is 1.49. The zero-order chi connectivity index (χ0) is 10.5. The van der Waals surface area contributed by atoms with Crippen molar-refractivity contribution in [2.45, 2.75) is 18.8 Å². The van der Waals surface area contributed by atoms with Crippen molar-refractivity contribution in [1.29, 1.82) is 0 Å². The number of nitrogen functional groups attached to an aromatic ring is 2. The highest BCUT2D eigenvalue weighted by Crippen LogP contribution is 2.47. The van der Waals surface area contributed by atoms with E-state index in [0.29, 0.717) is 5.56 Å². The maximum absolute atomic E-state index is 13.6. The van der Waals surface area contributed by atoms with E-state index in [1.165, 1.54) is 0 Å². The van der Waals surface area contributed by atoms with Crippen LogP contribution in [0.1, 0.15) is 24.3 Å². The number of hydrogen-bond acceptors (Lipinski definition) is 2. The Balaban J connectivity index is 2.69. The van der Waals surface area contributed by atoms with E-state index >= 15 is 0 Å². The molecule has 0 aromatic heterocycles. The molecule has 0 bridgehead atoms. The molecule has 1 aliphatic rings. The Morgan fingerprint density at radius 3 is 2.14 bits per heavy atom. The number of halogens is 3. The average Bonchev–Trinajstić information content (AvgIpc) is 2.96. The first kappa shape index (κ1) is 9.95. The third-order valence-electron chi connectivity index (χ3n) is 2.42. The van der Waals surface area contributed by atoms with Gasteiger partial charge < -0.3 is 11.5 Å². The van der Waals surface area contributed by atoms with E-state index in [1.54, 1.807) is 22.6 Å². The molecule has 0 amide bonds. The van der Waals surface area contributed by atoms with Crippen LogP contribution in [-0.2, 0) is 0 Å². The Morgan fingerprint density at radius 2 is 1.64 bits per heavy atom. The van der Waals surface area contributed by atoms with Gasteiger partial charge in [-0.25, -0.2) is 8.78 Å². The van der Waals surface area contributed by atoms with Gasteiger partial charge in [0, 0.05) is 5.56 Å². The molecule has 0 atom stereocenters. The number of benzene rings is 1. The van der Waals surface area contributed by atoms with Gasteiger partial charge >= 0.3 is 0 Å². The monoisotopic (exact) mass is 310 g/mol. The normalized spacial score (nSPS) is 15.9. The van der Waals surface area contributed by atoms with Crippen molar-refractivity contribution in [3.05, 3.63) is 20.8 Å². The van der Waals surface area contributed by atoms with Crippen LogP contribution in [-0.4, -0.2) is 0 Å². The lowest BCUT2D eigenvalue weighted by molar-refractivity contribution is 0.564. The van der Waals surface area contributed by atoms with Crippen molar-refractivity contribution in [2.24, 2.45) is 0 Å². The van der Waals surface area contributed by atoms with E-state index < -0.39 is 11.6 Å². The Hall–Kier alpha value is -0.590. The van der Waals surface area contributed by atoms with Crippen molar-refractivity contribution < 1.29 is 8.78 Å². The highest BCUT2D eigenvalue weighted by Gasteiger charge is 2.32. The quantitative estimate of drug-likeness (QED) is 0.476. The van der Waals surface area contributed by atoms with Gasteiger partial charge in [-0.3, -0.25) is 0 Å². The Bertz CT molecular complexity index is 373. The molecular weight excluding hydrogens is 301 g/mol.